The summed E-state index contributed by atoms with van der Waals surface area (Å²) in [6.07, 6.45) is 0.0561. The number of aliphatic hydroxyl groups excluding tert-OH is 2. The van der Waals surface area contributed by atoms with E-state index in [1.165, 1.54) is 0 Å². The van der Waals surface area contributed by atoms with E-state index in [4.69, 9.17) is 14.6 Å². The van der Waals surface area contributed by atoms with Crippen molar-refractivity contribution >= 4 is 10.8 Å². The topological polar surface area (TPSA) is 58.9 Å². The Kier molecular flexibility index (Phi) is 4.22. The number of hydrogen-bond acceptors (Lipinski definition) is 4. The molecule has 1 heterocycles. The van der Waals surface area contributed by atoms with Gasteiger partial charge in [-0.15, -0.1) is 0 Å². The van der Waals surface area contributed by atoms with Gasteiger partial charge in [-0.1, -0.05) is 42.5 Å². The van der Waals surface area contributed by atoms with Gasteiger partial charge in [-0.05, 0) is 17.2 Å². The van der Waals surface area contributed by atoms with Crippen LogP contribution >= 0.6 is 0 Å². The zero-order valence-corrected chi connectivity index (χ0v) is 11.9. The Bertz CT molecular complexity index is 597. The monoisotopic (exact) mass is 288 g/mol. The molecular formula is C17H20O4. The highest BCUT2D eigenvalue weighted by atomic mass is 16.7. The second-order valence-corrected chi connectivity index (χ2v) is 5.65. The molecule has 2 aromatic carbocycles. The van der Waals surface area contributed by atoms with Crippen molar-refractivity contribution in [3.05, 3.63) is 48.0 Å². The first-order valence-corrected chi connectivity index (χ1v) is 7.21. The van der Waals surface area contributed by atoms with Crippen molar-refractivity contribution in [3.8, 4) is 0 Å². The van der Waals surface area contributed by atoms with Gasteiger partial charge in [0.2, 0.25) is 0 Å². The van der Waals surface area contributed by atoms with E-state index in [0.29, 0.717) is 19.6 Å². The van der Waals surface area contributed by atoms with E-state index in [2.05, 4.69) is 18.2 Å². The van der Waals surface area contributed by atoms with Gasteiger partial charge in [-0.2, -0.15) is 0 Å². The van der Waals surface area contributed by atoms with E-state index in [0.717, 1.165) is 16.3 Å². The maximum absolute atomic E-state index is 9.53. The van der Waals surface area contributed by atoms with Gasteiger partial charge in [-0.3, -0.25) is 0 Å². The summed E-state index contributed by atoms with van der Waals surface area (Å²) in [5, 5.41) is 20.9. The molecule has 1 saturated heterocycles. The van der Waals surface area contributed by atoms with E-state index < -0.39 is 11.7 Å². The second kappa shape index (κ2) is 6.12. The van der Waals surface area contributed by atoms with E-state index in [1.54, 1.807) is 0 Å². The molecule has 0 atom stereocenters. The van der Waals surface area contributed by atoms with Gasteiger partial charge >= 0.3 is 0 Å². The van der Waals surface area contributed by atoms with Crippen LogP contribution in [0.4, 0.5) is 0 Å². The number of benzene rings is 2. The van der Waals surface area contributed by atoms with Crippen molar-refractivity contribution in [1.82, 2.24) is 0 Å². The normalized spacial score (nSPS) is 26.1. The fraction of sp³-hybridized carbons (Fsp3) is 0.412. The standard InChI is InChI=1S/C17H20O4/c18-9-8-17(10-19)11-20-16(21-12-17)15-7-3-5-13-4-1-2-6-14(13)15/h1-7,16,18-19H,8-12H2. The number of rotatable bonds is 4. The molecule has 0 amide bonds. The largest absolute Gasteiger partial charge is 0.396 e. The van der Waals surface area contributed by atoms with E-state index in [-0.39, 0.29) is 13.2 Å². The summed E-state index contributed by atoms with van der Waals surface area (Å²) in [4.78, 5) is 0. The third-order valence-electron chi connectivity index (χ3n) is 4.14. The highest BCUT2D eigenvalue weighted by molar-refractivity contribution is 5.85. The molecule has 0 aliphatic carbocycles. The molecule has 0 bridgehead atoms. The third kappa shape index (κ3) is 2.80. The van der Waals surface area contributed by atoms with Gasteiger partial charge < -0.3 is 19.7 Å². The summed E-state index contributed by atoms with van der Waals surface area (Å²) in [6, 6.07) is 14.2. The van der Waals surface area contributed by atoms with Crippen molar-refractivity contribution < 1.29 is 19.7 Å². The first-order valence-electron chi connectivity index (χ1n) is 7.21. The molecule has 2 N–H and O–H groups in total. The van der Waals surface area contributed by atoms with E-state index >= 15 is 0 Å². The summed E-state index contributed by atoms with van der Waals surface area (Å²) in [5.41, 5.74) is 0.513. The molecule has 0 saturated carbocycles. The summed E-state index contributed by atoms with van der Waals surface area (Å²) < 4.78 is 11.7. The van der Waals surface area contributed by atoms with Gasteiger partial charge in [0, 0.05) is 17.6 Å². The fourth-order valence-corrected chi connectivity index (χ4v) is 2.78. The van der Waals surface area contributed by atoms with Crippen LogP contribution in [-0.4, -0.2) is 36.6 Å². The molecule has 1 fully saturated rings. The van der Waals surface area contributed by atoms with Crippen LogP contribution in [0.25, 0.3) is 10.8 Å². The molecule has 4 heteroatoms. The molecule has 0 aromatic heterocycles. The lowest BCUT2D eigenvalue weighted by atomic mass is 9.86. The first-order chi connectivity index (χ1) is 10.3. The van der Waals surface area contributed by atoms with Crippen molar-refractivity contribution in [2.24, 2.45) is 5.41 Å². The molecule has 0 radical (unpaired) electrons. The molecular weight excluding hydrogens is 268 g/mol. The fourth-order valence-electron chi connectivity index (χ4n) is 2.78. The lowest BCUT2D eigenvalue weighted by Gasteiger charge is -2.38. The van der Waals surface area contributed by atoms with Crippen LogP contribution < -0.4 is 0 Å². The predicted molar refractivity (Wildman–Crippen MR) is 79.8 cm³/mol. The Balaban J connectivity index is 1.83. The zero-order valence-electron chi connectivity index (χ0n) is 11.9. The van der Waals surface area contributed by atoms with Crippen molar-refractivity contribution in [1.29, 1.82) is 0 Å². The van der Waals surface area contributed by atoms with Crippen molar-refractivity contribution in [3.63, 3.8) is 0 Å². The van der Waals surface area contributed by atoms with Crippen LogP contribution in [0.5, 0.6) is 0 Å². The number of ether oxygens (including phenoxy) is 2. The predicted octanol–water partition coefficient (Wildman–Crippen LogP) is 2.25. The van der Waals surface area contributed by atoms with Crippen molar-refractivity contribution in [2.45, 2.75) is 12.7 Å². The van der Waals surface area contributed by atoms with Gasteiger partial charge in [0.1, 0.15) is 0 Å². The molecule has 21 heavy (non-hydrogen) atoms. The van der Waals surface area contributed by atoms with Crippen molar-refractivity contribution in [2.75, 3.05) is 26.4 Å². The van der Waals surface area contributed by atoms with Gasteiger partial charge in [0.05, 0.1) is 19.8 Å². The minimum Gasteiger partial charge on any atom is -0.396 e. The number of hydrogen-bond donors (Lipinski definition) is 2. The molecule has 1 aliphatic rings. The average Bonchev–Trinajstić information content (AvgIpc) is 2.55. The Hall–Kier alpha value is -1.46. The maximum Gasteiger partial charge on any atom is 0.184 e. The lowest BCUT2D eigenvalue weighted by Crippen LogP contribution is -2.42. The summed E-state index contributed by atoms with van der Waals surface area (Å²) >= 11 is 0. The quantitative estimate of drug-likeness (QED) is 0.906. The SMILES string of the molecule is OCCC1(CO)COC(c2cccc3ccccc23)OC1. The highest BCUT2D eigenvalue weighted by Gasteiger charge is 2.37. The zero-order chi connectivity index (χ0) is 14.7. The maximum atomic E-state index is 9.53. The van der Waals surface area contributed by atoms with Crippen LogP contribution in [0.3, 0.4) is 0 Å². The van der Waals surface area contributed by atoms with Gasteiger partial charge in [0.25, 0.3) is 0 Å². The Morgan fingerprint density at radius 1 is 1.00 bits per heavy atom. The molecule has 0 unspecified atom stereocenters. The molecule has 112 valence electrons. The average molecular weight is 288 g/mol. The molecule has 0 spiro atoms. The lowest BCUT2D eigenvalue weighted by molar-refractivity contribution is -0.243. The molecule has 1 aliphatic heterocycles. The van der Waals surface area contributed by atoms with Crippen LogP contribution in [0.1, 0.15) is 18.3 Å². The summed E-state index contributed by atoms with van der Waals surface area (Å²) in [7, 11) is 0. The van der Waals surface area contributed by atoms with Crippen LogP contribution in [0, 0.1) is 5.41 Å². The minimum atomic E-state index is -0.490. The highest BCUT2D eigenvalue weighted by Crippen LogP contribution is 2.36. The number of aliphatic hydroxyl groups is 2. The third-order valence-corrected chi connectivity index (χ3v) is 4.14. The van der Waals surface area contributed by atoms with Crippen LogP contribution in [0.15, 0.2) is 42.5 Å². The minimum absolute atomic E-state index is 0.0201. The number of fused-ring (bicyclic) bond motifs is 1. The van der Waals surface area contributed by atoms with Crippen LogP contribution in [-0.2, 0) is 9.47 Å². The Morgan fingerprint density at radius 3 is 2.43 bits per heavy atom. The van der Waals surface area contributed by atoms with E-state index in [9.17, 15) is 5.11 Å². The van der Waals surface area contributed by atoms with Crippen LogP contribution in [0.2, 0.25) is 0 Å². The summed E-state index contributed by atoms with van der Waals surface area (Å²) in [5.74, 6) is 0. The van der Waals surface area contributed by atoms with E-state index in [1.807, 2.05) is 24.3 Å². The van der Waals surface area contributed by atoms with Gasteiger partial charge in [0.15, 0.2) is 6.29 Å². The Labute approximate surface area is 123 Å². The second-order valence-electron chi connectivity index (χ2n) is 5.65. The van der Waals surface area contributed by atoms with Gasteiger partial charge in [-0.25, -0.2) is 0 Å². The molecule has 4 nitrogen and oxygen atoms in total. The smallest absolute Gasteiger partial charge is 0.184 e. The molecule has 3 rings (SSSR count). The summed E-state index contributed by atoms with van der Waals surface area (Å²) in [6.45, 7) is 0.748. The first kappa shape index (κ1) is 14.5. The Morgan fingerprint density at radius 2 is 1.71 bits per heavy atom. The molecule has 2 aromatic rings.